The lowest BCUT2D eigenvalue weighted by molar-refractivity contribution is 0.0288. The number of ether oxygens (including phenoxy) is 2. The van der Waals surface area contributed by atoms with Gasteiger partial charge in [0.2, 0.25) is 11.2 Å². The Balaban J connectivity index is 1.84. The van der Waals surface area contributed by atoms with Crippen LogP contribution in [0.15, 0.2) is 6.20 Å². The molecule has 1 amide bonds. The minimum absolute atomic E-state index is 0.00805. The molecule has 1 aliphatic rings. The van der Waals surface area contributed by atoms with Crippen molar-refractivity contribution >= 4 is 28.7 Å². The summed E-state index contributed by atoms with van der Waals surface area (Å²) in [7, 11) is 1.52. The van der Waals surface area contributed by atoms with E-state index in [4.69, 9.17) is 21.1 Å². The Labute approximate surface area is 144 Å². The van der Waals surface area contributed by atoms with Gasteiger partial charge in [0.15, 0.2) is 0 Å². The lowest BCUT2D eigenvalue weighted by Crippen LogP contribution is -2.35. The number of amides is 1. The highest BCUT2D eigenvalue weighted by molar-refractivity contribution is 6.28. The molecule has 8 nitrogen and oxygen atoms in total. The Morgan fingerprint density at radius 1 is 1.38 bits per heavy atom. The quantitative estimate of drug-likeness (QED) is 0.772. The number of carbonyl (C=O) groups excluding carboxylic acids is 1. The third-order valence-corrected chi connectivity index (χ3v) is 3.91. The van der Waals surface area contributed by atoms with Crippen molar-refractivity contribution in [3.05, 3.63) is 11.5 Å². The summed E-state index contributed by atoms with van der Waals surface area (Å²) in [5.74, 6) is 0.373. The Bertz CT molecular complexity index is 770. The fraction of sp³-hybridized carbons (Fsp3) is 0.600. The standard InChI is InChI=1S/C15H20ClN5O3/c1-15(2,3)24-14(22)20-6-5-9(8-20)21-11-10(7-17-21)18-13(16)19-12(11)23-4/h7,9H,5-6,8H2,1-4H3/t9-/m0/s1. The van der Waals surface area contributed by atoms with Gasteiger partial charge in [0.05, 0.1) is 19.3 Å². The molecule has 1 aliphatic heterocycles. The van der Waals surface area contributed by atoms with Crippen molar-refractivity contribution < 1.29 is 14.3 Å². The number of carbonyl (C=O) groups is 1. The Morgan fingerprint density at radius 3 is 2.79 bits per heavy atom. The summed E-state index contributed by atoms with van der Waals surface area (Å²) in [6.07, 6.45) is 2.08. The van der Waals surface area contributed by atoms with E-state index in [0.29, 0.717) is 30.0 Å². The monoisotopic (exact) mass is 353 g/mol. The van der Waals surface area contributed by atoms with Crippen LogP contribution >= 0.6 is 11.6 Å². The summed E-state index contributed by atoms with van der Waals surface area (Å²) in [4.78, 5) is 22.2. The van der Waals surface area contributed by atoms with Gasteiger partial charge in [0, 0.05) is 13.1 Å². The number of rotatable bonds is 2. The van der Waals surface area contributed by atoms with Crippen molar-refractivity contribution in [3.8, 4) is 5.88 Å². The van der Waals surface area contributed by atoms with Crippen molar-refractivity contribution in [1.29, 1.82) is 0 Å². The van der Waals surface area contributed by atoms with Gasteiger partial charge in [-0.3, -0.25) is 4.68 Å². The van der Waals surface area contributed by atoms with Crippen LogP contribution in [0.2, 0.25) is 5.28 Å². The summed E-state index contributed by atoms with van der Waals surface area (Å²) < 4.78 is 12.5. The number of methoxy groups -OCH3 is 1. The van der Waals surface area contributed by atoms with Gasteiger partial charge in [0.1, 0.15) is 16.6 Å². The van der Waals surface area contributed by atoms with Crippen molar-refractivity contribution in [2.24, 2.45) is 0 Å². The average Bonchev–Trinajstić information content (AvgIpc) is 3.10. The maximum Gasteiger partial charge on any atom is 0.410 e. The molecular weight excluding hydrogens is 334 g/mol. The summed E-state index contributed by atoms with van der Waals surface area (Å²) in [6.45, 7) is 6.68. The zero-order valence-electron chi connectivity index (χ0n) is 14.1. The third-order valence-electron chi connectivity index (χ3n) is 3.74. The number of halogens is 1. The third kappa shape index (κ3) is 3.24. The molecule has 24 heavy (non-hydrogen) atoms. The van der Waals surface area contributed by atoms with Crippen LogP contribution in [0.1, 0.15) is 33.2 Å². The van der Waals surface area contributed by atoms with Crippen molar-refractivity contribution in [2.75, 3.05) is 20.2 Å². The van der Waals surface area contributed by atoms with E-state index in [9.17, 15) is 4.79 Å². The largest absolute Gasteiger partial charge is 0.479 e. The first-order chi connectivity index (χ1) is 11.3. The van der Waals surface area contributed by atoms with Crippen LogP contribution in [0.4, 0.5) is 4.79 Å². The van der Waals surface area contributed by atoms with Gasteiger partial charge in [-0.2, -0.15) is 10.1 Å². The molecule has 2 aromatic heterocycles. The van der Waals surface area contributed by atoms with Crippen LogP contribution in [0.5, 0.6) is 5.88 Å². The SMILES string of the molecule is COc1nc(Cl)nc2cnn([C@H]3CCN(C(=O)OC(C)(C)C)C3)c12. The van der Waals surface area contributed by atoms with Crippen LogP contribution in [0, 0.1) is 0 Å². The molecule has 9 heteroatoms. The first-order valence-electron chi connectivity index (χ1n) is 7.71. The number of aromatic nitrogens is 4. The topological polar surface area (TPSA) is 82.4 Å². The van der Waals surface area contributed by atoms with Gasteiger partial charge in [-0.15, -0.1) is 0 Å². The van der Waals surface area contributed by atoms with Gasteiger partial charge >= 0.3 is 6.09 Å². The molecule has 0 saturated carbocycles. The van der Waals surface area contributed by atoms with Crippen molar-refractivity contribution in [3.63, 3.8) is 0 Å². The Hall–Kier alpha value is -2.09. The minimum Gasteiger partial charge on any atom is -0.479 e. The van der Waals surface area contributed by atoms with Crippen molar-refractivity contribution in [2.45, 2.75) is 38.8 Å². The minimum atomic E-state index is -0.513. The van der Waals surface area contributed by atoms with Gasteiger partial charge < -0.3 is 14.4 Å². The summed E-state index contributed by atoms with van der Waals surface area (Å²) in [5.41, 5.74) is 0.780. The van der Waals surface area contributed by atoms with Crippen LogP contribution < -0.4 is 4.74 Å². The number of hydrogen-bond donors (Lipinski definition) is 0. The zero-order chi connectivity index (χ0) is 17.5. The Kier molecular flexibility index (Phi) is 4.25. The number of nitrogens with zero attached hydrogens (tertiary/aromatic N) is 5. The predicted molar refractivity (Wildman–Crippen MR) is 88.3 cm³/mol. The molecule has 130 valence electrons. The summed E-state index contributed by atoms with van der Waals surface area (Å²) in [6, 6.07) is 0.00805. The van der Waals surface area contributed by atoms with Gasteiger partial charge in [-0.25, -0.2) is 9.78 Å². The van der Waals surface area contributed by atoms with Crippen LogP contribution in [-0.2, 0) is 4.74 Å². The smallest absolute Gasteiger partial charge is 0.410 e. The number of likely N-dealkylation sites (tertiary alicyclic amines) is 1. The first kappa shape index (κ1) is 16.8. The molecule has 0 bridgehead atoms. The molecule has 2 aromatic rings. The van der Waals surface area contributed by atoms with E-state index < -0.39 is 5.60 Å². The highest BCUT2D eigenvalue weighted by Crippen LogP contribution is 2.30. The number of fused-ring (bicyclic) bond motifs is 1. The molecule has 0 N–H and O–H groups in total. The molecule has 1 saturated heterocycles. The van der Waals surface area contributed by atoms with Crippen LogP contribution in [-0.4, -0.2) is 56.5 Å². The van der Waals surface area contributed by atoms with E-state index in [0.717, 1.165) is 6.42 Å². The normalized spacial score (nSPS) is 18.2. The van der Waals surface area contributed by atoms with E-state index in [1.807, 2.05) is 20.8 Å². The molecule has 0 radical (unpaired) electrons. The van der Waals surface area contributed by atoms with Gasteiger partial charge in [-0.05, 0) is 38.8 Å². The number of hydrogen-bond acceptors (Lipinski definition) is 6. The van der Waals surface area contributed by atoms with Gasteiger partial charge in [-0.1, -0.05) is 0 Å². The second kappa shape index (κ2) is 6.08. The fourth-order valence-corrected chi connectivity index (χ4v) is 2.92. The lowest BCUT2D eigenvalue weighted by atomic mass is 10.2. The average molecular weight is 354 g/mol. The lowest BCUT2D eigenvalue weighted by Gasteiger charge is -2.24. The highest BCUT2D eigenvalue weighted by atomic mass is 35.5. The second-order valence-electron chi connectivity index (χ2n) is 6.69. The molecule has 3 heterocycles. The molecule has 1 fully saturated rings. The Morgan fingerprint density at radius 2 is 2.12 bits per heavy atom. The summed E-state index contributed by atoms with van der Waals surface area (Å²) in [5, 5.41) is 4.50. The van der Waals surface area contributed by atoms with E-state index in [1.165, 1.54) is 7.11 Å². The molecule has 3 rings (SSSR count). The van der Waals surface area contributed by atoms with E-state index in [2.05, 4.69) is 15.1 Å². The molecule has 0 aliphatic carbocycles. The maximum atomic E-state index is 12.2. The van der Waals surface area contributed by atoms with Crippen LogP contribution in [0.25, 0.3) is 11.0 Å². The fourth-order valence-electron chi connectivity index (χ4n) is 2.76. The maximum absolute atomic E-state index is 12.2. The van der Waals surface area contributed by atoms with Gasteiger partial charge in [0.25, 0.3) is 0 Å². The molecular formula is C15H20ClN5O3. The van der Waals surface area contributed by atoms with E-state index >= 15 is 0 Å². The van der Waals surface area contributed by atoms with E-state index in [1.54, 1.807) is 15.8 Å². The predicted octanol–water partition coefficient (Wildman–Crippen LogP) is 2.67. The zero-order valence-corrected chi connectivity index (χ0v) is 14.9. The molecule has 0 aromatic carbocycles. The second-order valence-corrected chi connectivity index (χ2v) is 7.03. The van der Waals surface area contributed by atoms with E-state index in [-0.39, 0.29) is 17.4 Å². The summed E-state index contributed by atoms with van der Waals surface area (Å²) >= 11 is 5.89. The van der Waals surface area contributed by atoms with Crippen LogP contribution in [0.3, 0.4) is 0 Å². The molecule has 0 unspecified atom stereocenters. The van der Waals surface area contributed by atoms with Crippen molar-refractivity contribution in [1.82, 2.24) is 24.6 Å². The highest BCUT2D eigenvalue weighted by Gasteiger charge is 2.32. The molecule has 1 atom stereocenters. The molecule has 0 spiro atoms. The first-order valence-corrected chi connectivity index (χ1v) is 8.09.